The lowest BCUT2D eigenvalue weighted by Crippen LogP contribution is -2.22. The standard InChI is InChI=1S/C10H13Cl2NOS/c1-10(2,14)5-7-8(12)3-6(11)4-9(7)13-15/h3-4,13-15H,5H2,1-2H3. The Balaban J connectivity index is 3.15. The predicted octanol–water partition coefficient (Wildman–Crippen LogP) is 3.56. The molecule has 2 N–H and O–H groups in total. The van der Waals surface area contributed by atoms with E-state index in [1.165, 1.54) is 0 Å². The molecule has 0 aliphatic heterocycles. The van der Waals surface area contributed by atoms with E-state index in [0.717, 1.165) is 11.3 Å². The summed E-state index contributed by atoms with van der Waals surface area (Å²) in [6, 6.07) is 3.38. The molecule has 0 bridgehead atoms. The minimum absolute atomic E-state index is 0.436. The summed E-state index contributed by atoms with van der Waals surface area (Å²) in [6.45, 7) is 3.44. The van der Waals surface area contributed by atoms with Crippen molar-refractivity contribution in [3.63, 3.8) is 0 Å². The second-order valence-electron chi connectivity index (χ2n) is 4.01. The van der Waals surface area contributed by atoms with Gasteiger partial charge in [-0.15, -0.1) is 0 Å². The van der Waals surface area contributed by atoms with Gasteiger partial charge >= 0.3 is 0 Å². The van der Waals surface area contributed by atoms with E-state index in [9.17, 15) is 5.11 Å². The van der Waals surface area contributed by atoms with E-state index in [1.807, 2.05) is 0 Å². The third-order valence-electron chi connectivity index (χ3n) is 1.89. The van der Waals surface area contributed by atoms with Crippen LogP contribution in [0, 0.1) is 0 Å². The minimum atomic E-state index is -0.823. The third-order valence-corrected chi connectivity index (χ3v) is 2.69. The van der Waals surface area contributed by atoms with Crippen LogP contribution >= 0.6 is 36.0 Å². The van der Waals surface area contributed by atoms with E-state index in [1.54, 1.807) is 26.0 Å². The molecule has 0 saturated carbocycles. The molecule has 0 atom stereocenters. The van der Waals surface area contributed by atoms with Crippen molar-refractivity contribution in [3.05, 3.63) is 27.7 Å². The molecule has 0 amide bonds. The van der Waals surface area contributed by atoms with Crippen molar-refractivity contribution >= 4 is 41.7 Å². The van der Waals surface area contributed by atoms with Gasteiger partial charge in [0.05, 0.1) is 11.3 Å². The summed E-state index contributed by atoms with van der Waals surface area (Å²) in [5.41, 5.74) is 0.707. The van der Waals surface area contributed by atoms with Gasteiger partial charge in [0.25, 0.3) is 0 Å². The Hall–Kier alpha value is -0.0900. The van der Waals surface area contributed by atoms with Crippen molar-refractivity contribution in [2.75, 3.05) is 4.72 Å². The Bertz CT molecular complexity index is 363. The Morgan fingerprint density at radius 1 is 1.40 bits per heavy atom. The molecule has 0 aliphatic carbocycles. The lowest BCUT2D eigenvalue weighted by atomic mass is 9.97. The number of anilines is 1. The van der Waals surface area contributed by atoms with Gasteiger partial charge in [-0.05, 0) is 31.5 Å². The zero-order chi connectivity index (χ0) is 11.6. The topological polar surface area (TPSA) is 32.3 Å². The van der Waals surface area contributed by atoms with Crippen LogP contribution in [0.2, 0.25) is 10.0 Å². The first kappa shape index (κ1) is 13.0. The first-order chi connectivity index (χ1) is 6.83. The molecule has 0 fully saturated rings. The molecule has 15 heavy (non-hydrogen) atoms. The molecule has 2 nitrogen and oxygen atoms in total. The van der Waals surface area contributed by atoms with Crippen LogP contribution in [0.15, 0.2) is 12.1 Å². The van der Waals surface area contributed by atoms with Crippen LogP contribution < -0.4 is 4.72 Å². The quantitative estimate of drug-likeness (QED) is 0.731. The first-order valence-corrected chi connectivity index (χ1v) is 5.64. The molecule has 0 radical (unpaired) electrons. The Morgan fingerprint density at radius 3 is 2.47 bits per heavy atom. The van der Waals surface area contributed by atoms with E-state index in [-0.39, 0.29) is 0 Å². The maximum atomic E-state index is 9.74. The first-order valence-electron chi connectivity index (χ1n) is 4.44. The smallest absolute Gasteiger partial charge is 0.0633 e. The normalized spacial score (nSPS) is 11.6. The van der Waals surface area contributed by atoms with Gasteiger partial charge in [0, 0.05) is 16.5 Å². The van der Waals surface area contributed by atoms with Gasteiger partial charge in [-0.2, -0.15) is 0 Å². The van der Waals surface area contributed by atoms with Crippen molar-refractivity contribution in [2.45, 2.75) is 25.9 Å². The van der Waals surface area contributed by atoms with Crippen molar-refractivity contribution in [2.24, 2.45) is 0 Å². The van der Waals surface area contributed by atoms with E-state index in [4.69, 9.17) is 23.2 Å². The molecule has 0 aromatic heterocycles. The summed E-state index contributed by atoms with van der Waals surface area (Å²) < 4.78 is 2.71. The number of benzene rings is 1. The lowest BCUT2D eigenvalue weighted by Gasteiger charge is -2.20. The molecule has 1 aromatic carbocycles. The largest absolute Gasteiger partial charge is 0.390 e. The second kappa shape index (κ2) is 4.83. The maximum absolute atomic E-state index is 9.74. The zero-order valence-electron chi connectivity index (χ0n) is 8.51. The molecule has 0 spiro atoms. The summed E-state index contributed by atoms with van der Waals surface area (Å²) in [5.74, 6) is 0. The van der Waals surface area contributed by atoms with E-state index in [2.05, 4.69) is 17.5 Å². The second-order valence-corrected chi connectivity index (χ2v) is 5.08. The molecular formula is C10H13Cl2NOS. The molecule has 0 saturated heterocycles. The molecule has 5 heteroatoms. The molecule has 84 valence electrons. The van der Waals surface area contributed by atoms with Gasteiger partial charge in [-0.25, -0.2) is 0 Å². The number of thiol groups is 1. The average molecular weight is 266 g/mol. The van der Waals surface area contributed by atoms with Gasteiger partial charge < -0.3 is 9.83 Å². The number of hydrogen-bond donors (Lipinski definition) is 3. The third kappa shape index (κ3) is 3.76. The van der Waals surface area contributed by atoms with Gasteiger partial charge in [-0.3, -0.25) is 0 Å². The van der Waals surface area contributed by atoms with Crippen molar-refractivity contribution in [1.29, 1.82) is 0 Å². The van der Waals surface area contributed by atoms with Gasteiger partial charge in [0.1, 0.15) is 0 Å². The van der Waals surface area contributed by atoms with Crippen LogP contribution in [0.5, 0.6) is 0 Å². The van der Waals surface area contributed by atoms with Crippen LogP contribution in [-0.2, 0) is 6.42 Å². The summed E-state index contributed by atoms with van der Waals surface area (Å²) in [5, 5.41) is 10.8. The summed E-state index contributed by atoms with van der Waals surface area (Å²) in [6.07, 6.45) is 0.436. The number of halogens is 2. The molecule has 1 aromatic rings. The van der Waals surface area contributed by atoms with Crippen LogP contribution in [0.4, 0.5) is 5.69 Å². The summed E-state index contributed by atoms with van der Waals surface area (Å²) in [7, 11) is 0. The average Bonchev–Trinajstić information content (AvgIpc) is 2.07. The molecular weight excluding hydrogens is 253 g/mol. The lowest BCUT2D eigenvalue weighted by molar-refractivity contribution is 0.0812. The fourth-order valence-corrected chi connectivity index (χ4v) is 2.08. The summed E-state index contributed by atoms with van der Waals surface area (Å²) >= 11 is 15.9. The molecule has 0 heterocycles. The number of hydrogen-bond acceptors (Lipinski definition) is 3. The Kier molecular flexibility index (Phi) is 4.18. The molecule has 0 unspecified atom stereocenters. The van der Waals surface area contributed by atoms with E-state index in [0.29, 0.717) is 16.5 Å². The molecule has 0 aliphatic rings. The van der Waals surface area contributed by atoms with Crippen LogP contribution in [0.1, 0.15) is 19.4 Å². The van der Waals surface area contributed by atoms with Crippen molar-refractivity contribution in [1.82, 2.24) is 0 Å². The minimum Gasteiger partial charge on any atom is -0.390 e. The zero-order valence-corrected chi connectivity index (χ0v) is 10.9. The van der Waals surface area contributed by atoms with Crippen molar-refractivity contribution in [3.8, 4) is 0 Å². The number of nitrogens with one attached hydrogen (secondary N) is 1. The van der Waals surface area contributed by atoms with Gasteiger partial charge in [0.2, 0.25) is 0 Å². The Morgan fingerprint density at radius 2 is 2.00 bits per heavy atom. The highest BCUT2D eigenvalue weighted by molar-refractivity contribution is 7.81. The SMILES string of the molecule is CC(C)(O)Cc1c(Cl)cc(Cl)cc1NS. The maximum Gasteiger partial charge on any atom is 0.0633 e. The van der Waals surface area contributed by atoms with Crippen molar-refractivity contribution < 1.29 is 5.11 Å². The Labute approximate surface area is 105 Å². The fraction of sp³-hybridized carbons (Fsp3) is 0.400. The molecule has 1 rings (SSSR count). The van der Waals surface area contributed by atoms with Crippen LogP contribution in [0.25, 0.3) is 0 Å². The number of rotatable bonds is 3. The van der Waals surface area contributed by atoms with Gasteiger partial charge in [0.15, 0.2) is 0 Å². The predicted molar refractivity (Wildman–Crippen MR) is 69.1 cm³/mol. The fourth-order valence-electron chi connectivity index (χ4n) is 1.32. The number of aliphatic hydroxyl groups is 1. The highest BCUT2D eigenvalue weighted by atomic mass is 35.5. The summed E-state index contributed by atoms with van der Waals surface area (Å²) in [4.78, 5) is 0. The van der Waals surface area contributed by atoms with Crippen LogP contribution in [-0.4, -0.2) is 10.7 Å². The van der Waals surface area contributed by atoms with E-state index < -0.39 is 5.60 Å². The van der Waals surface area contributed by atoms with Gasteiger partial charge in [-0.1, -0.05) is 36.0 Å². The van der Waals surface area contributed by atoms with E-state index >= 15 is 0 Å². The monoisotopic (exact) mass is 265 g/mol. The highest BCUT2D eigenvalue weighted by Gasteiger charge is 2.18. The highest BCUT2D eigenvalue weighted by Crippen LogP contribution is 2.32. The van der Waals surface area contributed by atoms with Crippen LogP contribution in [0.3, 0.4) is 0 Å².